The van der Waals surface area contributed by atoms with Crippen molar-refractivity contribution in [3.8, 4) is 6.07 Å². The zero-order valence-corrected chi connectivity index (χ0v) is 13.3. The summed E-state index contributed by atoms with van der Waals surface area (Å²) in [4.78, 5) is 21.1. The lowest BCUT2D eigenvalue weighted by atomic mass is 9.74. The zero-order chi connectivity index (χ0) is 15.9. The van der Waals surface area contributed by atoms with Crippen LogP contribution in [0.2, 0.25) is 0 Å². The maximum atomic E-state index is 12.7. The average Bonchev–Trinajstić information content (AvgIpc) is 2.47. The molecule has 0 spiro atoms. The molecule has 7 heteroatoms. The predicted molar refractivity (Wildman–Crippen MR) is 83.0 cm³/mol. The van der Waals surface area contributed by atoms with Crippen LogP contribution in [0.3, 0.4) is 0 Å². The van der Waals surface area contributed by atoms with E-state index in [1.54, 1.807) is 4.57 Å². The van der Waals surface area contributed by atoms with Crippen molar-refractivity contribution in [2.24, 2.45) is 0 Å². The normalized spacial score (nSPS) is 17.7. The average molecular weight is 316 g/mol. The number of pyridine rings is 1. The summed E-state index contributed by atoms with van der Waals surface area (Å²) in [5, 5.41) is 10.1. The van der Waals surface area contributed by atoms with Gasteiger partial charge in [0.15, 0.2) is 5.65 Å². The minimum absolute atomic E-state index is 0.0983. The van der Waals surface area contributed by atoms with Gasteiger partial charge in [0, 0.05) is 28.3 Å². The number of hydrogen-bond donors (Lipinski definition) is 0. The van der Waals surface area contributed by atoms with Gasteiger partial charge >= 0.3 is 5.16 Å². The van der Waals surface area contributed by atoms with E-state index >= 15 is 0 Å². The molecule has 0 N–H and O–H groups in total. The van der Waals surface area contributed by atoms with Crippen molar-refractivity contribution in [1.82, 2.24) is 14.5 Å². The zero-order valence-electron chi connectivity index (χ0n) is 12.5. The highest BCUT2D eigenvalue weighted by Crippen LogP contribution is 2.42. The van der Waals surface area contributed by atoms with Crippen molar-refractivity contribution in [2.45, 2.75) is 43.3 Å². The lowest BCUT2D eigenvalue weighted by Crippen LogP contribution is -2.47. The summed E-state index contributed by atoms with van der Waals surface area (Å²) in [6.45, 7) is 2.04. The van der Waals surface area contributed by atoms with E-state index in [0.29, 0.717) is 11.0 Å². The van der Waals surface area contributed by atoms with Gasteiger partial charge in [-0.15, -0.1) is 0 Å². The highest BCUT2D eigenvalue weighted by molar-refractivity contribution is 7.90. The van der Waals surface area contributed by atoms with Crippen molar-refractivity contribution in [1.29, 1.82) is 5.26 Å². The summed E-state index contributed by atoms with van der Waals surface area (Å²) in [5.41, 5.74) is -0.0294. The molecule has 0 aromatic carbocycles. The molecule has 22 heavy (non-hydrogen) atoms. The third-order valence-electron chi connectivity index (χ3n) is 4.51. The van der Waals surface area contributed by atoms with Gasteiger partial charge in [-0.05, 0) is 31.7 Å². The Labute approximate surface area is 131 Å². The van der Waals surface area contributed by atoms with Crippen LogP contribution in [0.5, 0.6) is 0 Å². The van der Waals surface area contributed by atoms with Crippen LogP contribution >= 0.6 is 0 Å². The SMILES string of the molecule is CCC1(n2c(=O)c(C#N)cc3cnc([S+](C)[O-])nc32)CCC1. The van der Waals surface area contributed by atoms with Crippen molar-refractivity contribution in [3.05, 3.63) is 28.2 Å². The summed E-state index contributed by atoms with van der Waals surface area (Å²) < 4.78 is 13.3. The Morgan fingerprint density at radius 1 is 1.55 bits per heavy atom. The first-order valence-corrected chi connectivity index (χ1v) is 8.75. The fourth-order valence-corrected chi connectivity index (χ4v) is 3.48. The maximum absolute atomic E-state index is 12.7. The van der Waals surface area contributed by atoms with E-state index in [-0.39, 0.29) is 21.8 Å². The van der Waals surface area contributed by atoms with Gasteiger partial charge in [-0.2, -0.15) is 15.2 Å². The molecule has 1 aliphatic carbocycles. The largest absolute Gasteiger partial charge is 0.609 e. The number of aromatic nitrogens is 3. The molecule has 114 valence electrons. The first-order valence-electron chi connectivity index (χ1n) is 7.19. The van der Waals surface area contributed by atoms with Crippen LogP contribution in [0.1, 0.15) is 38.2 Å². The van der Waals surface area contributed by atoms with Crippen molar-refractivity contribution >= 4 is 22.2 Å². The minimum Gasteiger partial charge on any atom is -0.609 e. The van der Waals surface area contributed by atoms with Crippen LogP contribution < -0.4 is 5.56 Å². The number of fused-ring (bicyclic) bond motifs is 1. The van der Waals surface area contributed by atoms with E-state index < -0.39 is 11.2 Å². The van der Waals surface area contributed by atoms with Crippen molar-refractivity contribution in [2.75, 3.05) is 6.26 Å². The van der Waals surface area contributed by atoms with Crippen LogP contribution in [-0.2, 0) is 16.7 Å². The molecular weight excluding hydrogens is 300 g/mol. The predicted octanol–water partition coefficient (Wildman–Crippen LogP) is 1.69. The van der Waals surface area contributed by atoms with Crippen LogP contribution in [0.15, 0.2) is 22.2 Å². The fourth-order valence-electron chi connectivity index (χ4n) is 3.06. The molecule has 3 rings (SSSR count). The van der Waals surface area contributed by atoms with Crippen LogP contribution in [0.4, 0.5) is 0 Å². The summed E-state index contributed by atoms with van der Waals surface area (Å²) in [7, 11) is 0. The molecule has 2 aromatic rings. The fraction of sp³-hybridized carbons (Fsp3) is 0.467. The molecule has 0 bridgehead atoms. The summed E-state index contributed by atoms with van der Waals surface area (Å²) >= 11 is -1.32. The number of rotatable bonds is 3. The molecule has 1 atom stereocenters. The molecule has 6 nitrogen and oxygen atoms in total. The quantitative estimate of drug-likeness (QED) is 0.634. The van der Waals surface area contributed by atoms with Crippen LogP contribution in [0.25, 0.3) is 11.0 Å². The van der Waals surface area contributed by atoms with E-state index in [4.69, 9.17) is 0 Å². The van der Waals surface area contributed by atoms with Gasteiger partial charge in [0.1, 0.15) is 17.9 Å². The summed E-state index contributed by atoms with van der Waals surface area (Å²) in [6.07, 6.45) is 6.68. The first kappa shape index (κ1) is 15.0. The summed E-state index contributed by atoms with van der Waals surface area (Å²) in [6, 6.07) is 3.47. The highest BCUT2D eigenvalue weighted by Gasteiger charge is 2.39. The molecule has 1 fully saturated rings. The van der Waals surface area contributed by atoms with Crippen LogP contribution in [-0.4, -0.2) is 25.3 Å². The number of hydrogen-bond acceptors (Lipinski definition) is 5. The Morgan fingerprint density at radius 2 is 2.27 bits per heavy atom. The second-order valence-electron chi connectivity index (χ2n) is 5.63. The number of nitriles is 1. The maximum Gasteiger partial charge on any atom is 0.344 e. The van der Waals surface area contributed by atoms with E-state index in [9.17, 15) is 14.6 Å². The van der Waals surface area contributed by atoms with E-state index in [0.717, 1.165) is 25.7 Å². The number of nitrogens with zero attached hydrogens (tertiary/aromatic N) is 4. The van der Waals surface area contributed by atoms with E-state index in [2.05, 4.69) is 9.97 Å². The van der Waals surface area contributed by atoms with Gasteiger partial charge in [0.25, 0.3) is 5.56 Å². The highest BCUT2D eigenvalue weighted by atomic mass is 32.2. The Morgan fingerprint density at radius 3 is 2.77 bits per heavy atom. The van der Waals surface area contributed by atoms with Crippen molar-refractivity contribution in [3.63, 3.8) is 0 Å². The molecule has 0 amide bonds. The third kappa shape index (κ3) is 2.11. The molecule has 2 aromatic heterocycles. The van der Waals surface area contributed by atoms with Gasteiger partial charge in [0.05, 0.1) is 0 Å². The van der Waals surface area contributed by atoms with E-state index in [1.807, 2.05) is 13.0 Å². The molecule has 1 aliphatic rings. The topological polar surface area (TPSA) is 94.6 Å². The molecule has 0 radical (unpaired) electrons. The van der Waals surface area contributed by atoms with Gasteiger partial charge in [-0.1, -0.05) is 6.92 Å². The molecular formula is C15H16N4O2S. The lowest BCUT2D eigenvalue weighted by Gasteiger charge is -2.43. The van der Waals surface area contributed by atoms with Crippen molar-refractivity contribution < 1.29 is 4.55 Å². The molecule has 0 saturated heterocycles. The Balaban J connectivity index is 2.40. The van der Waals surface area contributed by atoms with Gasteiger partial charge in [-0.3, -0.25) is 9.36 Å². The molecule has 1 unspecified atom stereocenters. The van der Waals surface area contributed by atoms with E-state index in [1.165, 1.54) is 18.5 Å². The Bertz CT molecular complexity index is 828. The second-order valence-corrected chi connectivity index (χ2v) is 6.90. The molecule has 2 heterocycles. The van der Waals surface area contributed by atoms with Gasteiger partial charge in [-0.25, -0.2) is 0 Å². The first-order chi connectivity index (χ1) is 10.5. The lowest BCUT2D eigenvalue weighted by molar-refractivity contribution is 0.136. The Kier molecular flexibility index (Phi) is 3.67. The third-order valence-corrected chi connectivity index (χ3v) is 5.22. The summed E-state index contributed by atoms with van der Waals surface area (Å²) in [5.74, 6) is 0. The van der Waals surface area contributed by atoms with Gasteiger partial charge < -0.3 is 4.55 Å². The second kappa shape index (κ2) is 5.38. The molecule has 1 saturated carbocycles. The monoisotopic (exact) mass is 316 g/mol. The molecule has 0 aliphatic heterocycles. The Hall–Kier alpha value is -1.91. The smallest absolute Gasteiger partial charge is 0.344 e. The minimum atomic E-state index is -1.32. The van der Waals surface area contributed by atoms with Crippen LogP contribution in [0, 0.1) is 11.3 Å². The van der Waals surface area contributed by atoms with Gasteiger partial charge in [0.2, 0.25) is 0 Å². The standard InChI is InChI=1S/C15H16N4O2S/c1-3-15(5-4-6-15)19-12-11(7-10(8-16)13(19)20)9-17-14(18-12)22(2)21/h7,9H,3-6H2,1-2H3.